The predicted octanol–water partition coefficient (Wildman–Crippen LogP) is 3.19. The van der Waals surface area contributed by atoms with Gasteiger partial charge < -0.3 is 9.55 Å². The zero-order chi connectivity index (χ0) is 12.5. The molecule has 1 N–H and O–H groups in total. The molecule has 0 atom stereocenters. The largest absolute Gasteiger partial charge is 0.329 e. The third-order valence-corrected chi connectivity index (χ3v) is 3.29. The van der Waals surface area contributed by atoms with Crippen LogP contribution in [0.25, 0.3) is 11.0 Å². The van der Waals surface area contributed by atoms with Crippen LogP contribution in [0, 0.1) is 4.77 Å². The fraction of sp³-hybridized carbons (Fsp3) is 0.0833. The monoisotopic (exact) mass is 276 g/mol. The maximum atomic E-state index is 6.18. The van der Waals surface area contributed by atoms with E-state index in [1.165, 1.54) is 0 Å². The van der Waals surface area contributed by atoms with Gasteiger partial charge in [0.25, 0.3) is 0 Å². The molecule has 0 radical (unpaired) electrons. The SMILES string of the molecule is S=c1[nH]c2cncc(Cl)c2n1Cc1cccnc1. The van der Waals surface area contributed by atoms with Crippen molar-refractivity contribution < 1.29 is 0 Å². The maximum Gasteiger partial charge on any atom is 0.178 e. The summed E-state index contributed by atoms with van der Waals surface area (Å²) in [6.45, 7) is 0.635. The Kier molecular flexibility index (Phi) is 2.85. The van der Waals surface area contributed by atoms with E-state index in [2.05, 4.69) is 15.0 Å². The normalized spacial score (nSPS) is 10.9. The highest BCUT2D eigenvalue weighted by atomic mass is 35.5. The van der Waals surface area contributed by atoms with Gasteiger partial charge in [0, 0.05) is 18.6 Å². The second-order valence-electron chi connectivity index (χ2n) is 3.90. The number of imidazole rings is 1. The van der Waals surface area contributed by atoms with Crippen LogP contribution >= 0.6 is 23.8 Å². The molecular weight excluding hydrogens is 268 g/mol. The highest BCUT2D eigenvalue weighted by molar-refractivity contribution is 7.71. The Morgan fingerprint density at radius 3 is 2.94 bits per heavy atom. The molecule has 0 aliphatic carbocycles. The zero-order valence-electron chi connectivity index (χ0n) is 9.30. The first kappa shape index (κ1) is 11.4. The lowest BCUT2D eigenvalue weighted by atomic mass is 10.3. The van der Waals surface area contributed by atoms with Gasteiger partial charge in [-0.05, 0) is 23.8 Å². The third-order valence-electron chi connectivity index (χ3n) is 2.69. The van der Waals surface area contributed by atoms with E-state index in [1.807, 2.05) is 22.9 Å². The third kappa shape index (κ3) is 1.91. The molecule has 90 valence electrons. The predicted molar refractivity (Wildman–Crippen MR) is 73.3 cm³/mol. The topological polar surface area (TPSA) is 46.5 Å². The van der Waals surface area contributed by atoms with Crippen molar-refractivity contribution in [2.24, 2.45) is 0 Å². The summed E-state index contributed by atoms with van der Waals surface area (Å²) >= 11 is 11.5. The van der Waals surface area contributed by atoms with Gasteiger partial charge in [0.15, 0.2) is 4.77 Å². The van der Waals surface area contributed by atoms with Gasteiger partial charge in [-0.2, -0.15) is 0 Å². The van der Waals surface area contributed by atoms with Crippen molar-refractivity contribution in [2.75, 3.05) is 0 Å². The lowest BCUT2D eigenvalue weighted by Crippen LogP contribution is -2.00. The number of nitrogens with zero attached hydrogens (tertiary/aromatic N) is 3. The summed E-state index contributed by atoms with van der Waals surface area (Å²) in [6.07, 6.45) is 6.90. The minimum Gasteiger partial charge on any atom is -0.329 e. The number of H-pyrrole nitrogens is 1. The highest BCUT2D eigenvalue weighted by Gasteiger charge is 2.08. The quantitative estimate of drug-likeness (QED) is 0.731. The van der Waals surface area contributed by atoms with Crippen LogP contribution in [0.5, 0.6) is 0 Å². The number of hydrogen-bond acceptors (Lipinski definition) is 3. The van der Waals surface area contributed by atoms with Crippen molar-refractivity contribution in [1.29, 1.82) is 0 Å². The molecule has 3 rings (SSSR count). The molecule has 0 saturated heterocycles. The average molecular weight is 277 g/mol. The number of nitrogens with one attached hydrogen (secondary N) is 1. The summed E-state index contributed by atoms with van der Waals surface area (Å²) < 4.78 is 2.58. The minimum absolute atomic E-state index is 0.587. The van der Waals surface area contributed by atoms with Crippen molar-refractivity contribution in [3.05, 3.63) is 52.3 Å². The lowest BCUT2D eigenvalue weighted by Gasteiger charge is -2.05. The van der Waals surface area contributed by atoms with Gasteiger partial charge in [-0.1, -0.05) is 17.7 Å². The molecule has 3 aromatic rings. The minimum atomic E-state index is 0.587. The van der Waals surface area contributed by atoms with E-state index in [-0.39, 0.29) is 0 Å². The van der Waals surface area contributed by atoms with Crippen molar-refractivity contribution in [3.8, 4) is 0 Å². The first-order valence-electron chi connectivity index (χ1n) is 5.36. The van der Waals surface area contributed by atoms with Crippen molar-refractivity contribution in [3.63, 3.8) is 0 Å². The van der Waals surface area contributed by atoms with Crippen LogP contribution in [-0.4, -0.2) is 19.5 Å². The van der Waals surface area contributed by atoms with E-state index in [4.69, 9.17) is 23.8 Å². The molecule has 0 saturated carbocycles. The van der Waals surface area contributed by atoms with Crippen LogP contribution in [0.4, 0.5) is 0 Å². The summed E-state index contributed by atoms with van der Waals surface area (Å²) in [7, 11) is 0. The Labute approximate surface area is 113 Å². The molecule has 3 aromatic heterocycles. The number of aromatic nitrogens is 4. The molecule has 0 amide bonds. The van der Waals surface area contributed by atoms with Crippen LogP contribution < -0.4 is 0 Å². The number of rotatable bonds is 2. The van der Waals surface area contributed by atoms with Crippen LogP contribution in [0.2, 0.25) is 5.02 Å². The first-order chi connectivity index (χ1) is 8.75. The standard InChI is InChI=1S/C12H9ClN4S/c13-9-5-15-6-10-11(9)17(12(18)16-10)7-8-2-1-3-14-4-8/h1-6H,7H2,(H,16,18). The van der Waals surface area contributed by atoms with Crippen molar-refractivity contribution in [1.82, 2.24) is 19.5 Å². The fourth-order valence-electron chi connectivity index (χ4n) is 1.90. The molecule has 0 fully saturated rings. The molecule has 0 aromatic carbocycles. The smallest absolute Gasteiger partial charge is 0.178 e. The van der Waals surface area contributed by atoms with Gasteiger partial charge in [0.05, 0.1) is 28.8 Å². The van der Waals surface area contributed by atoms with Crippen LogP contribution in [0.1, 0.15) is 5.56 Å². The Balaban J connectivity index is 2.17. The summed E-state index contributed by atoms with van der Waals surface area (Å²) in [5, 5.41) is 0.587. The Bertz CT molecular complexity index is 748. The number of hydrogen-bond donors (Lipinski definition) is 1. The molecule has 0 aliphatic heterocycles. The number of pyridine rings is 2. The van der Waals surface area contributed by atoms with E-state index in [0.29, 0.717) is 16.3 Å². The van der Waals surface area contributed by atoms with Crippen LogP contribution in [0.15, 0.2) is 36.9 Å². The summed E-state index contributed by atoms with van der Waals surface area (Å²) in [5.41, 5.74) is 2.79. The van der Waals surface area contributed by atoms with E-state index in [0.717, 1.165) is 16.6 Å². The van der Waals surface area contributed by atoms with E-state index in [9.17, 15) is 0 Å². The molecule has 4 nitrogen and oxygen atoms in total. The molecule has 0 aliphatic rings. The molecular formula is C12H9ClN4S. The second kappa shape index (κ2) is 4.51. The highest BCUT2D eigenvalue weighted by Crippen LogP contribution is 2.22. The summed E-state index contributed by atoms with van der Waals surface area (Å²) in [6, 6.07) is 3.90. The van der Waals surface area contributed by atoms with E-state index >= 15 is 0 Å². The second-order valence-corrected chi connectivity index (χ2v) is 4.69. The molecule has 0 spiro atoms. The number of halogens is 1. The van der Waals surface area contributed by atoms with E-state index < -0.39 is 0 Å². The fourth-order valence-corrected chi connectivity index (χ4v) is 2.43. The molecule has 0 bridgehead atoms. The van der Waals surface area contributed by atoms with E-state index in [1.54, 1.807) is 18.6 Å². The number of aromatic amines is 1. The molecule has 18 heavy (non-hydrogen) atoms. The first-order valence-corrected chi connectivity index (χ1v) is 6.15. The molecule has 6 heteroatoms. The summed E-state index contributed by atoms with van der Waals surface area (Å²) in [4.78, 5) is 11.2. The van der Waals surface area contributed by atoms with Gasteiger partial charge in [0.1, 0.15) is 0 Å². The average Bonchev–Trinajstić information content (AvgIpc) is 2.69. The van der Waals surface area contributed by atoms with Gasteiger partial charge in [-0.3, -0.25) is 9.97 Å². The molecule has 0 unspecified atom stereocenters. The molecule has 3 heterocycles. The van der Waals surface area contributed by atoms with Gasteiger partial charge in [-0.15, -0.1) is 0 Å². The summed E-state index contributed by atoms with van der Waals surface area (Å²) in [5.74, 6) is 0. The van der Waals surface area contributed by atoms with Gasteiger partial charge in [-0.25, -0.2) is 0 Å². The maximum absolute atomic E-state index is 6.18. The van der Waals surface area contributed by atoms with Crippen LogP contribution in [0.3, 0.4) is 0 Å². The number of fused-ring (bicyclic) bond motifs is 1. The zero-order valence-corrected chi connectivity index (χ0v) is 10.9. The van der Waals surface area contributed by atoms with Gasteiger partial charge in [0.2, 0.25) is 0 Å². The lowest BCUT2D eigenvalue weighted by molar-refractivity contribution is 0.806. The van der Waals surface area contributed by atoms with Crippen molar-refractivity contribution in [2.45, 2.75) is 6.54 Å². The van der Waals surface area contributed by atoms with Crippen molar-refractivity contribution >= 4 is 34.9 Å². The van der Waals surface area contributed by atoms with Crippen LogP contribution in [-0.2, 0) is 6.54 Å². The van der Waals surface area contributed by atoms with Gasteiger partial charge >= 0.3 is 0 Å². The Morgan fingerprint density at radius 2 is 2.17 bits per heavy atom. The Hall–Kier alpha value is -1.72. The Morgan fingerprint density at radius 1 is 1.28 bits per heavy atom.